The molecule has 0 aliphatic carbocycles. The number of thioether (sulfide) groups is 1. The third kappa shape index (κ3) is 6.68. The molecule has 0 atom stereocenters. The van der Waals surface area contributed by atoms with Crippen molar-refractivity contribution in [1.82, 2.24) is 15.2 Å². The van der Waals surface area contributed by atoms with Gasteiger partial charge in [0, 0.05) is 11.1 Å². The second kappa shape index (κ2) is 10.9. The molecule has 1 amide bonds. The molecule has 2 aromatic heterocycles. The van der Waals surface area contributed by atoms with Gasteiger partial charge in [-0.15, -0.1) is 21.5 Å². The molecule has 2 N–H and O–H groups in total. The molecule has 158 valence electrons. The Bertz CT molecular complexity index is 990. The Morgan fingerprint density at radius 3 is 2.70 bits per heavy atom. The molecule has 0 aliphatic heterocycles. The van der Waals surface area contributed by atoms with E-state index in [1.807, 2.05) is 24.3 Å². The Kier molecular flexibility index (Phi) is 7.99. The van der Waals surface area contributed by atoms with Gasteiger partial charge in [-0.25, -0.2) is 4.98 Å². The maximum Gasteiger partial charge on any atom is 0.311 e. The summed E-state index contributed by atoms with van der Waals surface area (Å²) < 4.78 is 10.7. The lowest BCUT2D eigenvalue weighted by atomic mass is 10.3. The van der Waals surface area contributed by atoms with E-state index in [1.54, 1.807) is 19.4 Å². The fraction of sp³-hybridized carbons (Fsp3) is 0.278. The molecule has 30 heavy (non-hydrogen) atoms. The SMILES string of the molecule is CCOC(=O)Cc1csc(NC(=O)CSc2nnc(Nc3ccc(OC)cc3)s2)n1. The minimum atomic E-state index is -0.341. The van der Waals surface area contributed by atoms with E-state index in [4.69, 9.17) is 9.47 Å². The summed E-state index contributed by atoms with van der Waals surface area (Å²) in [6.07, 6.45) is 0.0870. The van der Waals surface area contributed by atoms with E-state index < -0.39 is 0 Å². The molecule has 0 saturated heterocycles. The molecule has 0 bridgehead atoms. The van der Waals surface area contributed by atoms with Crippen molar-refractivity contribution in [1.29, 1.82) is 0 Å². The summed E-state index contributed by atoms with van der Waals surface area (Å²) in [5, 5.41) is 16.8. The standard InChI is InChI=1S/C18H19N5O4S3/c1-3-27-15(25)8-12-9-28-16(20-12)21-14(24)10-29-18-23-22-17(30-18)19-11-4-6-13(26-2)7-5-11/h4-7,9H,3,8,10H2,1-2H3,(H,19,22)(H,20,21,24). The van der Waals surface area contributed by atoms with Gasteiger partial charge in [-0.3, -0.25) is 9.59 Å². The molecule has 2 heterocycles. The summed E-state index contributed by atoms with van der Waals surface area (Å²) in [7, 11) is 1.61. The average molecular weight is 466 g/mol. The Balaban J connectivity index is 1.45. The zero-order valence-electron chi connectivity index (χ0n) is 16.2. The molecule has 0 aliphatic rings. The van der Waals surface area contributed by atoms with Gasteiger partial charge in [0.25, 0.3) is 0 Å². The van der Waals surface area contributed by atoms with E-state index >= 15 is 0 Å². The predicted molar refractivity (Wildman–Crippen MR) is 118 cm³/mol. The molecule has 0 spiro atoms. The molecular weight excluding hydrogens is 446 g/mol. The molecule has 1 aromatic carbocycles. The van der Waals surface area contributed by atoms with Crippen LogP contribution in [0.2, 0.25) is 0 Å². The van der Waals surface area contributed by atoms with Gasteiger partial charge >= 0.3 is 5.97 Å². The van der Waals surface area contributed by atoms with Crippen LogP contribution < -0.4 is 15.4 Å². The van der Waals surface area contributed by atoms with Gasteiger partial charge in [0.05, 0.1) is 31.6 Å². The summed E-state index contributed by atoms with van der Waals surface area (Å²) in [6.45, 7) is 2.07. The first-order chi connectivity index (χ1) is 14.6. The number of rotatable bonds is 10. The molecule has 0 fully saturated rings. The van der Waals surface area contributed by atoms with Crippen LogP contribution in [0.3, 0.4) is 0 Å². The minimum Gasteiger partial charge on any atom is -0.497 e. The zero-order valence-corrected chi connectivity index (χ0v) is 18.7. The van der Waals surface area contributed by atoms with E-state index in [9.17, 15) is 9.59 Å². The number of amides is 1. The molecule has 0 unspecified atom stereocenters. The van der Waals surface area contributed by atoms with Crippen LogP contribution >= 0.6 is 34.4 Å². The number of carbonyl (C=O) groups is 2. The van der Waals surface area contributed by atoms with Crippen LogP contribution in [0.5, 0.6) is 5.75 Å². The number of carbonyl (C=O) groups excluding carboxylic acids is 2. The van der Waals surface area contributed by atoms with Crippen molar-refractivity contribution < 1.29 is 19.1 Å². The highest BCUT2D eigenvalue weighted by Gasteiger charge is 2.12. The van der Waals surface area contributed by atoms with Gasteiger partial charge in [0.15, 0.2) is 9.47 Å². The monoisotopic (exact) mass is 465 g/mol. The van der Waals surface area contributed by atoms with Crippen molar-refractivity contribution in [2.24, 2.45) is 0 Å². The van der Waals surface area contributed by atoms with Crippen LogP contribution in [-0.2, 0) is 20.7 Å². The Morgan fingerprint density at radius 1 is 1.17 bits per heavy atom. The second-order valence-electron chi connectivity index (χ2n) is 5.69. The fourth-order valence-corrected chi connectivity index (χ4v) is 4.50. The summed E-state index contributed by atoms with van der Waals surface area (Å²) in [5.41, 5.74) is 1.43. The van der Waals surface area contributed by atoms with Gasteiger partial charge in [0.2, 0.25) is 11.0 Å². The third-order valence-electron chi connectivity index (χ3n) is 3.50. The van der Waals surface area contributed by atoms with E-state index in [0.717, 1.165) is 11.4 Å². The Morgan fingerprint density at radius 2 is 1.97 bits per heavy atom. The lowest BCUT2D eigenvalue weighted by molar-refractivity contribution is -0.142. The van der Waals surface area contributed by atoms with E-state index in [-0.39, 0.29) is 24.1 Å². The fourth-order valence-electron chi connectivity index (χ4n) is 2.20. The first-order valence-electron chi connectivity index (χ1n) is 8.83. The molecular formula is C18H19N5O4S3. The van der Waals surface area contributed by atoms with Crippen molar-refractivity contribution >= 4 is 62.3 Å². The van der Waals surface area contributed by atoms with Crippen LogP contribution in [0.1, 0.15) is 12.6 Å². The highest BCUT2D eigenvalue weighted by Crippen LogP contribution is 2.28. The Labute approximate surface area is 185 Å². The molecule has 0 radical (unpaired) electrons. The number of esters is 1. The number of nitrogens with zero attached hydrogens (tertiary/aromatic N) is 3. The number of hydrogen-bond acceptors (Lipinski definition) is 11. The quantitative estimate of drug-likeness (QED) is 0.342. The number of nitrogens with one attached hydrogen (secondary N) is 2. The number of hydrogen-bond donors (Lipinski definition) is 2. The minimum absolute atomic E-state index is 0.0870. The largest absolute Gasteiger partial charge is 0.497 e. The smallest absolute Gasteiger partial charge is 0.311 e. The lowest BCUT2D eigenvalue weighted by Crippen LogP contribution is -2.14. The van der Waals surface area contributed by atoms with E-state index in [2.05, 4.69) is 25.8 Å². The van der Waals surface area contributed by atoms with Crippen LogP contribution in [0.4, 0.5) is 16.0 Å². The van der Waals surface area contributed by atoms with Crippen LogP contribution in [0.25, 0.3) is 0 Å². The van der Waals surface area contributed by atoms with Gasteiger partial charge in [-0.1, -0.05) is 23.1 Å². The summed E-state index contributed by atoms with van der Waals surface area (Å²) >= 11 is 3.90. The van der Waals surface area contributed by atoms with Crippen molar-refractivity contribution in [3.8, 4) is 5.75 Å². The van der Waals surface area contributed by atoms with Gasteiger partial charge in [0.1, 0.15) is 5.75 Å². The lowest BCUT2D eigenvalue weighted by Gasteiger charge is -2.03. The molecule has 12 heteroatoms. The first kappa shape index (κ1) is 22.0. The number of ether oxygens (including phenoxy) is 2. The van der Waals surface area contributed by atoms with Crippen molar-refractivity contribution in [2.45, 2.75) is 17.7 Å². The molecule has 3 rings (SSSR count). The normalized spacial score (nSPS) is 10.5. The second-order valence-corrected chi connectivity index (χ2v) is 8.75. The van der Waals surface area contributed by atoms with Crippen molar-refractivity contribution in [3.05, 3.63) is 35.3 Å². The number of aromatic nitrogens is 3. The third-order valence-corrected chi connectivity index (χ3v) is 6.28. The van der Waals surface area contributed by atoms with Crippen LogP contribution in [0, 0.1) is 0 Å². The molecule has 3 aromatic rings. The van der Waals surface area contributed by atoms with Crippen molar-refractivity contribution in [2.75, 3.05) is 30.1 Å². The van der Waals surface area contributed by atoms with Gasteiger partial charge in [-0.2, -0.15) is 0 Å². The topological polar surface area (TPSA) is 115 Å². The number of benzene rings is 1. The summed E-state index contributed by atoms with van der Waals surface area (Å²) in [5.74, 6) is 0.390. The Hall–Kier alpha value is -2.70. The molecule has 9 nitrogen and oxygen atoms in total. The highest BCUT2D eigenvalue weighted by molar-refractivity contribution is 8.01. The van der Waals surface area contributed by atoms with Gasteiger partial charge in [-0.05, 0) is 31.2 Å². The number of methoxy groups -OCH3 is 1. The maximum atomic E-state index is 12.2. The number of anilines is 3. The summed E-state index contributed by atoms with van der Waals surface area (Å²) in [4.78, 5) is 27.9. The van der Waals surface area contributed by atoms with E-state index in [1.165, 1.54) is 34.4 Å². The zero-order chi connectivity index (χ0) is 21.3. The highest BCUT2D eigenvalue weighted by atomic mass is 32.2. The number of thiazole rings is 1. The van der Waals surface area contributed by atoms with Gasteiger partial charge < -0.3 is 20.1 Å². The average Bonchev–Trinajstić information content (AvgIpc) is 3.36. The summed E-state index contributed by atoms with van der Waals surface area (Å²) in [6, 6.07) is 7.45. The predicted octanol–water partition coefficient (Wildman–Crippen LogP) is 3.58. The maximum absolute atomic E-state index is 12.2. The first-order valence-corrected chi connectivity index (χ1v) is 11.5. The van der Waals surface area contributed by atoms with Crippen LogP contribution in [0.15, 0.2) is 34.0 Å². The van der Waals surface area contributed by atoms with Crippen LogP contribution in [-0.4, -0.2) is 46.5 Å². The van der Waals surface area contributed by atoms with Crippen molar-refractivity contribution in [3.63, 3.8) is 0 Å². The van der Waals surface area contributed by atoms with E-state index in [0.29, 0.717) is 26.9 Å². The molecule has 0 saturated carbocycles.